The molecule has 27 heavy (non-hydrogen) atoms. The molecule has 0 aliphatic heterocycles. The molecule has 0 bridgehead atoms. The lowest BCUT2D eigenvalue weighted by atomic mass is 9.98. The highest BCUT2D eigenvalue weighted by atomic mass is 32.2. The van der Waals surface area contributed by atoms with Crippen molar-refractivity contribution in [3.8, 4) is 11.1 Å². The molecule has 0 saturated carbocycles. The quantitative estimate of drug-likeness (QED) is 0.506. The van der Waals surface area contributed by atoms with E-state index in [2.05, 4.69) is 4.18 Å². The summed E-state index contributed by atoms with van der Waals surface area (Å²) in [5, 5.41) is 0. The molecular weight excluding hydrogens is 376 g/mol. The maximum absolute atomic E-state index is 13.6. The molecule has 0 aliphatic carbocycles. The third-order valence-corrected chi connectivity index (χ3v) is 4.51. The Morgan fingerprint density at radius 2 is 1.78 bits per heavy atom. The minimum atomic E-state index is -3.46. The van der Waals surface area contributed by atoms with E-state index in [0.717, 1.165) is 18.4 Å². The minimum absolute atomic E-state index is 0.0618. The van der Waals surface area contributed by atoms with E-state index >= 15 is 0 Å². The average molecular weight is 397 g/mol. The van der Waals surface area contributed by atoms with Gasteiger partial charge in [0.25, 0.3) is 16.0 Å². The molecule has 0 fully saturated rings. The Morgan fingerprint density at radius 3 is 2.44 bits per heavy atom. The van der Waals surface area contributed by atoms with Crippen molar-refractivity contribution in [2.45, 2.75) is 12.8 Å². The van der Waals surface area contributed by atoms with Gasteiger partial charge in [0.2, 0.25) is 0 Å². The summed E-state index contributed by atoms with van der Waals surface area (Å²) in [5.41, 5.74) is 1.29. The van der Waals surface area contributed by atoms with Gasteiger partial charge < -0.3 is 4.90 Å². The van der Waals surface area contributed by atoms with Gasteiger partial charge in [0.05, 0.1) is 12.9 Å². The fourth-order valence-electron chi connectivity index (χ4n) is 2.55. The summed E-state index contributed by atoms with van der Waals surface area (Å²) in [6.07, 6.45) is 2.03. The van der Waals surface area contributed by atoms with Crippen LogP contribution in [0.5, 0.6) is 0 Å². The molecule has 5 nitrogen and oxygen atoms in total. The van der Waals surface area contributed by atoms with Gasteiger partial charge in [-0.05, 0) is 42.2 Å². The molecule has 2 aromatic carbocycles. The van der Waals surface area contributed by atoms with Crippen LogP contribution >= 0.6 is 0 Å². The Balaban J connectivity index is 2.06. The van der Waals surface area contributed by atoms with Crippen molar-refractivity contribution in [3.05, 3.63) is 59.7 Å². The maximum Gasteiger partial charge on any atom is 0.264 e. The van der Waals surface area contributed by atoms with Crippen LogP contribution in [-0.2, 0) is 14.3 Å². The predicted octanol–water partition coefficient (Wildman–Crippen LogP) is 3.46. The van der Waals surface area contributed by atoms with Crippen molar-refractivity contribution in [1.29, 1.82) is 0 Å². The summed E-state index contributed by atoms with van der Waals surface area (Å²) >= 11 is 0. The SMILES string of the molecule is CN(CCCCOS(C)(=O)=O)C(=O)c1ccccc1-c1ccc(F)c(F)c1. The first kappa shape index (κ1) is 21.0. The summed E-state index contributed by atoms with van der Waals surface area (Å²) in [6.45, 7) is 0.463. The number of hydrogen-bond donors (Lipinski definition) is 0. The molecule has 0 radical (unpaired) electrons. The molecule has 2 rings (SSSR count). The van der Waals surface area contributed by atoms with Crippen LogP contribution in [-0.4, -0.2) is 45.7 Å². The predicted molar refractivity (Wildman–Crippen MR) is 98.8 cm³/mol. The highest BCUT2D eigenvalue weighted by Gasteiger charge is 2.17. The van der Waals surface area contributed by atoms with E-state index in [1.807, 2.05) is 0 Å². The van der Waals surface area contributed by atoms with Gasteiger partial charge in [0.15, 0.2) is 11.6 Å². The standard InChI is InChI=1S/C19H21F2NO4S/c1-22(11-5-6-12-26-27(2,24)25)19(23)16-8-4-3-7-15(16)14-9-10-17(20)18(21)13-14/h3-4,7-10,13H,5-6,11-12H2,1-2H3. The van der Waals surface area contributed by atoms with Gasteiger partial charge in [-0.1, -0.05) is 24.3 Å². The van der Waals surface area contributed by atoms with Crippen LogP contribution in [0.2, 0.25) is 0 Å². The Hall–Kier alpha value is -2.32. The Morgan fingerprint density at radius 1 is 1.07 bits per heavy atom. The van der Waals surface area contributed by atoms with Crippen LogP contribution in [0.4, 0.5) is 8.78 Å². The minimum Gasteiger partial charge on any atom is -0.342 e. The Labute approximate surface area is 157 Å². The Kier molecular flexibility index (Phi) is 7.04. The lowest BCUT2D eigenvalue weighted by Crippen LogP contribution is -2.28. The topological polar surface area (TPSA) is 63.7 Å². The first-order valence-corrected chi connectivity index (χ1v) is 10.1. The van der Waals surface area contributed by atoms with Crippen LogP contribution in [0.25, 0.3) is 11.1 Å². The van der Waals surface area contributed by atoms with Crippen LogP contribution in [0.3, 0.4) is 0 Å². The van der Waals surface area contributed by atoms with Crippen LogP contribution in [0, 0.1) is 11.6 Å². The van der Waals surface area contributed by atoms with Crippen molar-refractivity contribution >= 4 is 16.0 Å². The van der Waals surface area contributed by atoms with E-state index in [-0.39, 0.29) is 12.5 Å². The highest BCUT2D eigenvalue weighted by molar-refractivity contribution is 7.85. The lowest BCUT2D eigenvalue weighted by molar-refractivity contribution is 0.0791. The second kappa shape index (κ2) is 9.05. The van der Waals surface area contributed by atoms with E-state index in [4.69, 9.17) is 0 Å². The molecule has 8 heteroatoms. The van der Waals surface area contributed by atoms with Gasteiger partial charge in [-0.3, -0.25) is 8.98 Å². The zero-order chi connectivity index (χ0) is 20.0. The summed E-state index contributed by atoms with van der Waals surface area (Å²) < 4.78 is 53.2. The molecule has 0 aromatic heterocycles. The number of unbranched alkanes of at least 4 members (excludes halogenated alkanes) is 1. The molecule has 2 aromatic rings. The number of rotatable bonds is 8. The van der Waals surface area contributed by atoms with Crippen molar-refractivity contribution in [1.82, 2.24) is 4.90 Å². The van der Waals surface area contributed by atoms with E-state index in [1.165, 1.54) is 11.0 Å². The molecule has 0 unspecified atom stereocenters. The monoisotopic (exact) mass is 397 g/mol. The molecule has 0 saturated heterocycles. The van der Waals surface area contributed by atoms with Crippen molar-refractivity contribution in [2.24, 2.45) is 0 Å². The summed E-state index contributed by atoms with van der Waals surface area (Å²) in [4.78, 5) is 14.2. The van der Waals surface area contributed by atoms with E-state index < -0.39 is 21.8 Å². The number of hydrogen-bond acceptors (Lipinski definition) is 4. The van der Waals surface area contributed by atoms with Gasteiger partial charge >= 0.3 is 0 Å². The van der Waals surface area contributed by atoms with Crippen molar-refractivity contribution in [2.75, 3.05) is 26.5 Å². The van der Waals surface area contributed by atoms with E-state index in [0.29, 0.717) is 36.1 Å². The summed E-state index contributed by atoms with van der Waals surface area (Å²) in [5.74, 6) is -2.19. The smallest absolute Gasteiger partial charge is 0.264 e. The zero-order valence-corrected chi connectivity index (χ0v) is 15.9. The van der Waals surface area contributed by atoms with Gasteiger partial charge in [-0.2, -0.15) is 8.42 Å². The fraction of sp³-hybridized carbons (Fsp3) is 0.316. The molecule has 0 N–H and O–H groups in total. The maximum atomic E-state index is 13.6. The van der Waals surface area contributed by atoms with Gasteiger partial charge in [-0.15, -0.1) is 0 Å². The Bertz CT molecular complexity index is 916. The molecule has 1 amide bonds. The molecule has 146 valence electrons. The number of nitrogens with zero attached hydrogens (tertiary/aromatic N) is 1. The van der Waals surface area contributed by atoms with E-state index in [1.54, 1.807) is 31.3 Å². The number of carbonyl (C=O) groups is 1. The van der Waals surface area contributed by atoms with Crippen molar-refractivity contribution in [3.63, 3.8) is 0 Å². The first-order valence-electron chi connectivity index (χ1n) is 8.33. The first-order chi connectivity index (χ1) is 12.7. The molecule has 0 aliphatic rings. The van der Waals surface area contributed by atoms with Crippen LogP contribution < -0.4 is 0 Å². The third kappa shape index (κ3) is 6.11. The number of benzene rings is 2. The number of halogens is 2. The summed E-state index contributed by atoms with van der Waals surface area (Å²) in [6, 6.07) is 10.2. The van der Waals surface area contributed by atoms with Gasteiger partial charge in [0.1, 0.15) is 0 Å². The second-order valence-corrected chi connectivity index (χ2v) is 7.78. The summed E-state index contributed by atoms with van der Waals surface area (Å²) in [7, 11) is -1.84. The highest BCUT2D eigenvalue weighted by Crippen LogP contribution is 2.26. The molecular formula is C19H21F2NO4S. The number of amides is 1. The second-order valence-electron chi connectivity index (χ2n) is 6.13. The normalized spacial score (nSPS) is 11.4. The molecule has 0 heterocycles. The van der Waals surface area contributed by atoms with Crippen LogP contribution in [0.15, 0.2) is 42.5 Å². The average Bonchev–Trinajstić information content (AvgIpc) is 2.62. The molecule has 0 spiro atoms. The van der Waals surface area contributed by atoms with Crippen molar-refractivity contribution < 1.29 is 26.2 Å². The van der Waals surface area contributed by atoms with Gasteiger partial charge in [-0.25, -0.2) is 8.78 Å². The van der Waals surface area contributed by atoms with Crippen LogP contribution in [0.1, 0.15) is 23.2 Å². The third-order valence-electron chi connectivity index (χ3n) is 3.92. The molecule has 0 atom stereocenters. The largest absolute Gasteiger partial charge is 0.342 e. The number of carbonyl (C=O) groups excluding carboxylic acids is 1. The zero-order valence-electron chi connectivity index (χ0n) is 15.1. The van der Waals surface area contributed by atoms with Gasteiger partial charge in [0, 0.05) is 19.2 Å². The fourth-order valence-corrected chi connectivity index (χ4v) is 2.97. The lowest BCUT2D eigenvalue weighted by Gasteiger charge is -2.19. The van der Waals surface area contributed by atoms with E-state index in [9.17, 15) is 22.0 Å².